The van der Waals surface area contributed by atoms with E-state index < -0.39 is 10.0 Å². The van der Waals surface area contributed by atoms with Gasteiger partial charge in [-0.1, -0.05) is 17.7 Å². The van der Waals surface area contributed by atoms with Crippen LogP contribution in [0.1, 0.15) is 5.69 Å². The lowest BCUT2D eigenvalue weighted by Crippen LogP contribution is -2.25. The van der Waals surface area contributed by atoms with Gasteiger partial charge in [0.15, 0.2) is 0 Å². The maximum Gasteiger partial charge on any atom is 0.244 e. The molecule has 8 heteroatoms. The summed E-state index contributed by atoms with van der Waals surface area (Å²) in [5.74, 6) is 0. The minimum absolute atomic E-state index is 0.0372. The average molecular weight is 299 g/mol. The number of benzene rings is 1. The number of nitrogens with zero attached hydrogens (tertiary/aromatic N) is 2. The van der Waals surface area contributed by atoms with Crippen molar-refractivity contribution in [3.05, 3.63) is 47.5 Å². The summed E-state index contributed by atoms with van der Waals surface area (Å²) in [5.41, 5.74) is 6.29. The van der Waals surface area contributed by atoms with Crippen LogP contribution < -0.4 is 10.5 Å². The van der Waals surface area contributed by atoms with E-state index in [2.05, 4.69) is 14.7 Å². The Kier molecular flexibility index (Phi) is 3.98. The van der Waals surface area contributed by atoms with Crippen LogP contribution in [-0.4, -0.2) is 18.4 Å². The zero-order valence-electron chi connectivity index (χ0n) is 9.75. The lowest BCUT2D eigenvalue weighted by molar-refractivity contribution is 0.581. The van der Waals surface area contributed by atoms with Crippen LogP contribution in [-0.2, 0) is 16.6 Å². The Morgan fingerprint density at radius 2 is 2.11 bits per heavy atom. The molecule has 1 aromatic heterocycles. The molecule has 0 saturated heterocycles. The van der Waals surface area contributed by atoms with Crippen LogP contribution in [0.4, 0.5) is 5.69 Å². The van der Waals surface area contributed by atoms with Gasteiger partial charge in [0, 0.05) is 6.20 Å². The second kappa shape index (κ2) is 5.52. The number of nitrogens with two attached hydrogens (primary N) is 1. The first-order valence-electron chi connectivity index (χ1n) is 5.29. The monoisotopic (exact) mass is 298 g/mol. The fourth-order valence-electron chi connectivity index (χ4n) is 1.47. The van der Waals surface area contributed by atoms with Gasteiger partial charge in [-0.3, -0.25) is 0 Å². The smallest absolute Gasteiger partial charge is 0.244 e. The van der Waals surface area contributed by atoms with Crippen LogP contribution in [0.15, 0.2) is 41.7 Å². The van der Waals surface area contributed by atoms with Crippen molar-refractivity contribution in [1.82, 2.24) is 14.7 Å². The number of anilines is 1. The second-order valence-corrected chi connectivity index (χ2v) is 5.79. The minimum Gasteiger partial charge on any atom is -0.398 e. The largest absolute Gasteiger partial charge is 0.398 e. The van der Waals surface area contributed by atoms with Crippen molar-refractivity contribution < 1.29 is 8.42 Å². The number of nitrogens with one attached hydrogen (secondary N) is 1. The molecule has 0 aliphatic heterocycles. The van der Waals surface area contributed by atoms with Crippen LogP contribution >= 0.6 is 11.6 Å². The maximum atomic E-state index is 12.1. The number of rotatable bonds is 4. The van der Waals surface area contributed by atoms with E-state index in [9.17, 15) is 8.42 Å². The van der Waals surface area contributed by atoms with Gasteiger partial charge in [0.1, 0.15) is 11.2 Å². The summed E-state index contributed by atoms with van der Waals surface area (Å²) in [5, 5.41) is 0.0789. The predicted octanol–water partition coefficient (Wildman–Crippen LogP) is 1.19. The standard InChI is InChI=1S/C11H11ClN4O2S/c12-9-2-1-3-10(13)11(9)19(17,18)16-6-8-4-5-14-7-15-8/h1-5,7,16H,6,13H2. The van der Waals surface area contributed by atoms with E-state index >= 15 is 0 Å². The third kappa shape index (κ3) is 3.19. The van der Waals surface area contributed by atoms with Crippen LogP contribution in [0.25, 0.3) is 0 Å². The van der Waals surface area contributed by atoms with Crippen LogP contribution in [0.3, 0.4) is 0 Å². The molecule has 0 radical (unpaired) electrons. The number of hydrogen-bond donors (Lipinski definition) is 2. The van der Waals surface area contributed by atoms with E-state index in [1.807, 2.05) is 0 Å². The topological polar surface area (TPSA) is 98.0 Å². The fraction of sp³-hybridized carbons (Fsp3) is 0.0909. The van der Waals surface area contributed by atoms with Crippen molar-refractivity contribution in [2.24, 2.45) is 0 Å². The zero-order valence-corrected chi connectivity index (χ0v) is 11.3. The SMILES string of the molecule is Nc1cccc(Cl)c1S(=O)(=O)NCc1ccncn1. The van der Waals surface area contributed by atoms with Gasteiger partial charge in [-0.05, 0) is 18.2 Å². The van der Waals surface area contributed by atoms with Crippen molar-refractivity contribution in [2.75, 3.05) is 5.73 Å². The highest BCUT2D eigenvalue weighted by Crippen LogP contribution is 2.26. The maximum absolute atomic E-state index is 12.1. The first-order valence-corrected chi connectivity index (χ1v) is 7.15. The van der Waals surface area contributed by atoms with E-state index in [4.69, 9.17) is 17.3 Å². The molecule has 1 heterocycles. The molecule has 6 nitrogen and oxygen atoms in total. The molecule has 2 rings (SSSR count). The zero-order chi connectivity index (χ0) is 13.9. The molecule has 0 aliphatic rings. The highest BCUT2D eigenvalue weighted by molar-refractivity contribution is 7.89. The summed E-state index contributed by atoms with van der Waals surface area (Å²) in [7, 11) is -3.79. The average Bonchev–Trinajstić information content (AvgIpc) is 2.37. The van der Waals surface area contributed by atoms with Crippen molar-refractivity contribution in [3.63, 3.8) is 0 Å². The molecule has 0 fully saturated rings. The molecule has 3 N–H and O–H groups in total. The highest BCUT2D eigenvalue weighted by Gasteiger charge is 2.20. The Balaban J connectivity index is 2.24. The number of hydrogen-bond acceptors (Lipinski definition) is 5. The first kappa shape index (κ1) is 13.7. The van der Waals surface area contributed by atoms with Gasteiger partial charge in [-0.2, -0.15) is 0 Å². The van der Waals surface area contributed by atoms with Gasteiger partial charge < -0.3 is 5.73 Å². The van der Waals surface area contributed by atoms with Gasteiger partial charge in [0.2, 0.25) is 10.0 Å². The van der Waals surface area contributed by atoms with E-state index in [-0.39, 0.29) is 22.2 Å². The molecule has 0 atom stereocenters. The Hall–Kier alpha value is -1.70. The number of nitrogen functional groups attached to an aromatic ring is 1. The van der Waals surface area contributed by atoms with Gasteiger partial charge in [0.25, 0.3) is 0 Å². The summed E-state index contributed by atoms with van der Waals surface area (Å²) in [6.45, 7) is 0.0372. The Morgan fingerprint density at radius 1 is 1.32 bits per heavy atom. The Morgan fingerprint density at radius 3 is 2.74 bits per heavy atom. The quantitative estimate of drug-likeness (QED) is 0.826. The lowest BCUT2D eigenvalue weighted by atomic mass is 10.3. The van der Waals surface area contributed by atoms with E-state index in [0.29, 0.717) is 5.69 Å². The molecule has 0 bridgehead atoms. The number of sulfonamides is 1. The molecule has 0 saturated carbocycles. The number of aromatic nitrogens is 2. The molecule has 0 unspecified atom stereocenters. The predicted molar refractivity (Wildman–Crippen MR) is 71.9 cm³/mol. The van der Waals surface area contributed by atoms with Crippen molar-refractivity contribution >= 4 is 27.3 Å². The summed E-state index contributed by atoms with van der Waals surface area (Å²) < 4.78 is 26.6. The molecular formula is C11H11ClN4O2S. The normalized spacial score (nSPS) is 11.4. The van der Waals surface area contributed by atoms with Crippen LogP contribution in [0, 0.1) is 0 Å². The van der Waals surface area contributed by atoms with Crippen molar-refractivity contribution in [2.45, 2.75) is 11.4 Å². The van der Waals surface area contributed by atoms with Crippen LogP contribution in [0.5, 0.6) is 0 Å². The minimum atomic E-state index is -3.79. The molecule has 100 valence electrons. The molecule has 0 amide bonds. The van der Waals surface area contributed by atoms with Crippen molar-refractivity contribution in [3.8, 4) is 0 Å². The van der Waals surface area contributed by atoms with E-state index in [1.165, 1.54) is 24.7 Å². The van der Waals surface area contributed by atoms with Gasteiger partial charge in [-0.15, -0.1) is 0 Å². The molecule has 19 heavy (non-hydrogen) atoms. The summed E-state index contributed by atoms with van der Waals surface area (Å²) in [6.07, 6.45) is 2.87. The first-order chi connectivity index (χ1) is 9.00. The van der Waals surface area contributed by atoms with Gasteiger partial charge in [-0.25, -0.2) is 23.1 Å². The van der Waals surface area contributed by atoms with E-state index in [0.717, 1.165) is 0 Å². The summed E-state index contributed by atoms with van der Waals surface area (Å²) >= 11 is 5.87. The molecular weight excluding hydrogens is 288 g/mol. The van der Waals surface area contributed by atoms with Gasteiger partial charge >= 0.3 is 0 Å². The third-order valence-electron chi connectivity index (χ3n) is 2.35. The third-order valence-corrected chi connectivity index (χ3v) is 4.30. The number of halogens is 1. The van der Waals surface area contributed by atoms with Crippen molar-refractivity contribution in [1.29, 1.82) is 0 Å². The highest BCUT2D eigenvalue weighted by atomic mass is 35.5. The van der Waals surface area contributed by atoms with E-state index in [1.54, 1.807) is 12.1 Å². The van der Waals surface area contributed by atoms with Crippen LogP contribution in [0.2, 0.25) is 5.02 Å². The Bertz CT molecular complexity index is 656. The summed E-state index contributed by atoms with van der Waals surface area (Å²) in [4.78, 5) is 7.55. The molecule has 0 spiro atoms. The molecule has 1 aromatic carbocycles. The lowest BCUT2D eigenvalue weighted by Gasteiger charge is -2.10. The fourth-order valence-corrected chi connectivity index (χ4v) is 3.14. The Labute approximate surface area is 115 Å². The molecule has 0 aliphatic carbocycles. The summed E-state index contributed by atoms with van der Waals surface area (Å²) in [6, 6.07) is 6.14. The second-order valence-electron chi connectivity index (χ2n) is 3.68. The van der Waals surface area contributed by atoms with Gasteiger partial charge in [0.05, 0.1) is 22.9 Å². The molecule has 2 aromatic rings.